The molecule has 1 N–H and O–H groups in total. The van der Waals surface area contributed by atoms with Crippen molar-refractivity contribution in [1.29, 1.82) is 0 Å². The number of hydrogen-bond acceptors (Lipinski definition) is 3. The Morgan fingerprint density at radius 3 is 2.52 bits per heavy atom. The van der Waals surface area contributed by atoms with Gasteiger partial charge in [0.15, 0.2) is 0 Å². The molecule has 0 saturated carbocycles. The molecule has 0 spiro atoms. The van der Waals surface area contributed by atoms with Crippen LogP contribution in [0.15, 0.2) is 88.1 Å². The van der Waals surface area contributed by atoms with Crippen molar-refractivity contribution >= 4 is 34.2 Å². The van der Waals surface area contributed by atoms with Gasteiger partial charge in [0.1, 0.15) is 5.58 Å². The molecule has 0 unspecified atom stereocenters. The number of rotatable bonds is 3. The van der Waals surface area contributed by atoms with Gasteiger partial charge in [-0.2, -0.15) is 0 Å². The van der Waals surface area contributed by atoms with Crippen LogP contribution in [-0.2, 0) is 0 Å². The molecule has 27 heavy (non-hydrogen) atoms. The number of carbonyl (C=O) groups is 1. The van der Waals surface area contributed by atoms with Crippen molar-refractivity contribution in [2.24, 2.45) is 0 Å². The summed E-state index contributed by atoms with van der Waals surface area (Å²) in [6, 6.07) is 23.0. The molecule has 0 fully saturated rings. The van der Waals surface area contributed by atoms with Gasteiger partial charge in [-0.25, -0.2) is 4.79 Å². The van der Waals surface area contributed by atoms with Crippen LogP contribution in [0.4, 0.5) is 5.69 Å². The SMILES string of the molecule is O=C(Nc1cccc(-c2cc3ccccc3oc2=O)c1)c1ccccc1Cl. The zero-order valence-corrected chi connectivity index (χ0v) is 14.9. The van der Waals surface area contributed by atoms with Gasteiger partial charge in [-0.05, 0) is 42.0 Å². The maximum Gasteiger partial charge on any atom is 0.344 e. The minimum atomic E-state index is -0.428. The summed E-state index contributed by atoms with van der Waals surface area (Å²) in [5, 5.41) is 4.02. The van der Waals surface area contributed by atoms with Crippen molar-refractivity contribution < 1.29 is 9.21 Å². The second-order valence-corrected chi connectivity index (χ2v) is 6.41. The van der Waals surface area contributed by atoms with Crippen molar-refractivity contribution in [1.82, 2.24) is 0 Å². The zero-order chi connectivity index (χ0) is 18.8. The molecule has 5 heteroatoms. The molecular formula is C22H14ClNO3. The molecule has 0 aliphatic heterocycles. The lowest BCUT2D eigenvalue weighted by atomic mass is 10.1. The van der Waals surface area contributed by atoms with Gasteiger partial charge in [0.2, 0.25) is 0 Å². The number of nitrogens with one attached hydrogen (secondary N) is 1. The number of halogens is 1. The lowest BCUT2D eigenvalue weighted by molar-refractivity contribution is 0.102. The molecule has 1 amide bonds. The molecule has 3 aromatic carbocycles. The summed E-state index contributed by atoms with van der Waals surface area (Å²) >= 11 is 6.07. The quantitative estimate of drug-likeness (QED) is 0.490. The highest BCUT2D eigenvalue weighted by molar-refractivity contribution is 6.34. The van der Waals surface area contributed by atoms with Crippen LogP contribution in [0.2, 0.25) is 5.02 Å². The standard InChI is InChI=1S/C22H14ClNO3/c23-19-10-3-2-9-17(19)21(25)24-16-8-5-7-14(12-16)18-13-15-6-1-4-11-20(15)27-22(18)26/h1-13H,(H,24,25). The van der Waals surface area contributed by atoms with E-state index in [9.17, 15) is 9.59 Å². The third-order valence-electron chi connectivity index (χ3n) is 4.19. The second-order valence-electron chi connectivity index (χ2n) is 6.00. The Bertz CT molecular complexity index is 1210. The predicted octanol–water partition coefficient (Wildman–Crippen LogP) is 5.37. The van der Waals surface area contributed by atoms with Crippen LogP contribution in [0.25, 0.3) is 22.1 Å². The van der Waals surface area contributed by atoms with Crippen LogP contribution in [0.3, 0.4) is 0 Å². The molecule has 1 aromatic heterocycles. The van der Waals surface area contributed by atoms with Crippen LogP contribution < -0.4 is 10.9 Å². The molecule has 0 atom stereocenters. The van der Waals surface area contributed by atoms with Crippen molar-refractivity contribution in [3.63, 3.8) is 0 Å². The summed E-state index contributed by atoms with van der Waals surface area (Å²) in [5.41, 5.74) is 2.14. The zero-order valence-electron chi connectivity index (χ0n) is 14.1. The number of fused-ring (bicyclic) bond motifs is 1. The Hall–Kier alpha value is -3.37. The molecule has 4 aromatic rings. The lowest BCUT2D eigenvalue weighted by Gasteiger charge is -2.09. The molecule has 0 bridgehead atoms. The van der Waals surface area contributed by atoms with Gasteiger partial charge in [0, 0.05) is 11.1 Å². The first-order valence-corrected chi connectivity index (χ1v) is 8.69. The van der Waals surface area contributed by atoms with Gasteiger partial charge in [-0.3, -0.25) is 4.79 Å². The first-order valence-electron chi connectivity index (χ1n) is 8.31. The molecule has 0 aliphatic carbocycles. The number of benzene rings is 3. The highest BCUT2D eigenvalue weighted by Crippen LogP contribution is 2.24. The fourth-order valence-electron chi connectivity index (χ4n) is 2.87. The maximum absolute atomic E-state index is 12.4. The topological polar surface area (TPSA) is 59.3 Å². The van der Waals surface area contributed by atoms with E-state index in [-0.39, 0.29) is 5.91 Å². The summed E-state index contributed by atoms with van der Waals surface area (Å²) in [7, 11) is 0. The summed E-state index contributed by atoms with van der Waals surface area (Å²) in [4.78, 5) is 24.8. The minimum absolute atomic E-state index is 0.316. The normalized spacial score (nSPS) is 10.7. The van der Waals surface area contributed by atoms with Crippen LogP contribution in [0, 0.1) is 0 Å². The number of carbonyl (C=O) groups excluding carboxylic acids is 1. The third kappa shape index (κ3) is 3.48. The van der Waals surface area contributed by atoms with E-state index >= 15 is 0 Å². The van der Waals surface area contributed by atoms with Gasteiger partial charge >= 0.3 is 5.63 Å². The average molecular weight is 376 g/mol. The second kappa shape index (κ2) is 7.09. The van der Waals surface area contributed by atoms with E-state index in [4.69, 9.17) is 16.0 Å². The molecule has 4 rings (SSSR count). The minimum Gasteiger partial charge on any atom is -0.422 e. The third-order valence-corrected chi connectivity index (χ3v) is 4.52. The summed E-state index contributed by atoms with van der Waals surface area (Å²) in [6.45, 7) is 0. The smallest absolute Gasteiger partial charge is 0.344 e. The lowest BCUT2D eigenvalue weighted by Crippen LogP contribution is -2.12. The van der Waals surface area contributed by atoms with Gasteiger partial charge in [0.25, 0.3) is 5.91 Å². The molecule has 132 valence electrons. The summed E-state index contributed by atoms with van der Waals surface area (Å²) in [5.74, 6) is -0.316. The van der Waals surface area contributed by atoms with Crippen LogP contribution in [0.5, 0.6) is 0 Å². The van der Waals surface area contributed by atoms with Crippen LogP contribution in [0.1, 0.15) is 10.4 Å². The van der Waals surface area contributed by atoms with Gasteiger partial charge in [-0.1, -0.05) is 54.1 Å². The number of para-hydroxylation sites is 1. The van der Waals surface area contributed by atoms with E-state index in [1.807, 2.05) is 18.2 Å². The Kier molecular flexibility index (Phi) is 4.48. The van der Waals surface area contributed by atoms with Gasteiger partial charge in [-0.15, -0.1) is 0 Å². The molecular weight excluding hydrogens is 362 g/mol. The first-order chi connectivity index (χ1) is 13.1. The van der Waals surface area contributed by atoms with E-state index in [2.05, 4.69) is 5.32 Å². The molecule has 0 aliphatic rings. The molecule has 4 nitrogen and oxygen atoms in total. The van der Waals surface area contributed by atoms with E-state index in [0.717, 1.165) is 5.39 Å². The fraction of sp³-hybridized carbons (Fsp3) is 0. The Morgan fingerprint density at radius 2 is 1.67 bits per heavy atom. The summed E-state index contributed by atoms with van der Waals surface area (Å²) < 4.78 is 5.39. The highest BCUT2D eigenvalue weighted by atomic mass is 35.5. The van der Waals surface area contributed by atoms with Crippen LogP contribution >= 0.6 is 11.6 Å². The van der Waals surface area contributed by atoms with E-state index in [1.54, 1.807) is 60.7 Å². The maximum atomic E-state index is 12.4. The van der Waals surface area contributed by atoms with E-state index in [0.29, 0.717) is 33.0 Å². The highest BCUT2D eigenvalue weighted by Gasteiger charge is 2.12. The number of anilines is 1. The van der Waals surface area contributed by atoms with Crippen molar-refractivity contribution in [3.8, 4) is 11.1 Å². The Balaban J connectivity index is 1.69. The largest absolute Gasteiger partial charge is 0.422 e. The van der Waals surface area contributed by atoms with Crippen molar-refractivity contribution in [3.05, 3.63) is 99.9 Å². The van der Waals surface area contributed by atoms with Crippen molar-refractivity contribution in [2.75, 3.05) is 5.32 Å². The van der Waals surface area contributed by atoms with Crippen molar-refractivity contribution in [2.45, 2.75) is 0 Å². The number of hydrogen-bond donors (Lipinski definition) is 1. The summed E-state index contributed by atoms with van der Waals surface area (Å²) in [6.07, 6.45) is 0. The fourth-order valence-corrected chi connectivity index (χ4v) is 3.09. The monoisotopic (exact) mass is 375 g/mol. The van der Waals surface area contributed by atoms with Crippen LogP contribution in [-0.4, -0.2) is 5.91 Å². The van der Waals surface area contributed by atoms with Gasteiger partial charge < -0.3 is 9.73 Å². The molecule has 0 saturated heterocycles. The number of amides is 1. The first kappa shape index (κ1) is 17.1. The Morgan fingerprint density at radius 1 is 0.889 bits per heavy atom. The van der Waals surface area contributed by atoms with Gasteiger partial charge in [0.05, 0.1) is 16.1 Å². The van der Waals surface area contributed by atoms with E-state index < -0.39 is 5.63 Å². The molecule has 1 heterocycles. The van der Waals surface area contributed by atoms with E-state index in [1.165, 1.54) is 0 Å². The Labute approximate surface area is 160 Å². The molecule has 0 radical (unpaired) electrons. The predicted molar refractivity (Wildman–Crippen MR) is 107 cm³/mol. The average Bonchev–Trinajstić information content (AvgIpc) is 2.68.